The van der Waals surface area contributed by atoms with Crippen molar-refractivity contribution < 1.29 is 98.0 Å². The van der Waals surface area contributed by atoms with Crippen molar-refractivity contribution in [2.75, 3.05) is 6.16 Å². The molecule has 2 nitrogen and oxygen atoms in total. The van der Waals surface area contributed by atoms with Crippen LogP contribution in [0.25, 0.3) is 0 Å². The van der Waals surface area contributed by atoms with Gasteiger partial charge in [0.25, 0.3) is 0 Å². The number of benzene rings is 4. The summed E-state index contributed by atoms with van der Waals surface area (Å²) in [7, 11) is -10.4. The molecule has 0 radical (unpaired) electrons. The first-order valence-corrected chi connectivity index (χ1v) is 14.9. The molecule has 2 N–H and O–H groups in total. The van der Waals surface area contributed by atoms with Gasteiger partial charge >= 0.3 is 0 Å². The summed E-state index contributed by atoms with van der Waals surface area (Å²) in [6.07, 6.45) is -2.95. The fraction of sp³-hybridized carbons (Fsp3) is 0.0769. The molecule has 0 aliphatic carbocycles. The van der Waals surface area contributed by atoms with E-state index in [0.717, 1.165) is 0 Å². The molecule has 0 unspecified atom stereocenters. The predicted molar refractivity (Wildman–Crippen MR) is 129 cm³/mol. The first-order valence-electron chi connectivity index (χ1n) is 12.0. The normalized spacial score (nSPS) is 12.2. The van der Waals surface area contributed by atoms with Gasteiger partial charge in [-0.05, 0) is 7.92 Å². The number of hydrogen-bond acceptors (Lipinski definition) is 2. The van der Waals surface area contributed by atoms with Crippen molar-refractivity contribution in [2.24, 2.45) is 0 Å². The van der Waals surface area contributed by atoms with E-state index < -0.39 is 165 Å². The Hall–Kier alpha value is -3.74. The SMILES string of the molecule is OC(O)(CP(c1c(F)c(F)c(F)c(F)c1F)c1c(F)c(F)c(F)c(F)c1F)P(c1c(F)c(F)c(F)c(F)c1F)c1c(F)c(F)c(F)c(F)c1F. The third-order valence-corrected chi connectivity index (χ3v) is 11.9. The van der Waals surface area contributed by atoms with Crippen LogP contribution in [0.15, 0.2) is 0 Å². The van der Waals surface area contributed by atoms with Gasteiger partial charge in [0.1, 0.15) is 0 Å². The maximum atomic E-state index is 15.0. The minimum absolute atomic E-state index is 2.74. The summed E-state index contributed by atoms with van der Waals surface area (Å²) in [6.45, 7) is 0. The Morgan fingerprint density at radius 3 is 0.640 bits per heavy atom. The standard InChI is InChI=1S/C26H4F20O2P2/c27-2-6(31)14(39)22(15(40)7(2)32)49(23-16(41)8(33)3(28)9(34)17(23)42)1-26(47,48)50(24-18(43)10(35)4(29)11(36)19(24)44)25-20(45)12(37)5(30)13(38)21(25)46/h47-48H,1H2. The van der Waals surface area contributed by atoms with Crippen LogP contribution in [0.5, 0.6) is 0 Å². The fourth-order valence-corrected chi connectivity index (χ4v) is 9.67. The zero-order chi connectivity index (χ0) is 38.2. The maximum Gasteiger partial charge on any atom is 0.200 e. The number of aliphatic hydroxyl groups is 2. The average molecular weight is 790 g/mol. The zero-order valence-electron chi connectivity index (χ0n) is 22.6. The van der Waals surface area contributed by atoms with Crippen molar-refractivity contribution in [1.82, 2.24) is 0 Å². The highest BCUT2D eigenvalue weighted by Crippen LogP contribution is 2.55. The summed E-state index contributed by atoms with van der Waals surface area (Å²) < 4.78 is 289. The van der Waals surface area contributed by atoms with E-state index in [0.29, 0.717) is 0 Å². The third-order valence-electron chi connectivity index (χ3n) is 6.46. The van der Waals surface area contributed by atoms with Crippen molar-refractivity contribution in [3.63, 3.8) is 0 Å². The Balaban J connectivity index is 2.23. The van der Waals surface area contributed by atoms with E-state index in [4.69, 9.17) is 0 Å². The van der Waals surface area contributed by atoms with Gasteiger partial charge in [0.2, 0.25) is 23.3 Å². The van der Waals surface area contributed by atoms with Crippen LogP contribution >= 0.6 is 15.8 Å². The van der Waals surface area contributed by atoms with Crippen LogP contribution in [0.2, 0.25) is 0 Å². The average Bonchev–Trinajstić information content (AvgIpc) is 3.07. The van der Waals surface area contributed by atoms with Crippen molar-refractivity contribution in [3.05, 3.63) is 116 Å². The van der Waals surface area contributed by atoms with E-state index >= 15 is 17.6 Å². The molecule has 4 aromatic carbocycles. The van der Waals surface area contributed by atoms with Crippen LogP contribution in [0.4, 0.5) is 87.8 Å². The lowest BCUT2D eigenvalue weighted by Crippen LogP contribution is -2.45. The largest absolute Gasteiger partial charge is 0.361 e. The summed E-state index contributed by atoms with van der Waals surface area (Å²) >= 11 is 0. The molecule has 0 saturated carbocycles. The molecule has 50 heavy (non-hydrogen) atoms. The van der Waals surface area contributed by atoms with Gasteiger partial charge in [-0.25, -0.2) is 87.8 Å². The molecule has 0 heterocycles. The number of rotatable bonds is 7. The molecule has 4 rings (SSSR count). The van der Waals surface area contributed by atoms with Gasteiger partial charge < -0.3 is 10.2 Å². The molecule has 0 aliphatic heterocycles. The van der Waals surface area contributed by atoms with Gasteiger partial charge in [-0.3, -0.25) is 0 Å². The smallest absolute Gasteiger partial charge is 0.200 e. The van der Waals surface area contributed by atoms with E-state index in [2.05, 4.69) is 0 Å². The lowest BCUT2D eigenvalue weighted by molar-refractivity contribution is -0.0599. The van der Waals surface area contributed by atoms with E-state index in [1.165, 1.54) is 0 Å². The van der Waals surface area contributed by atoms with Crippen molar-refractivity contribution in [2.45, 2.75) is 5.53 Å². The van der Waals surface area contributed by atoms with Crippen LogP contribution < -0.4 is 21.2 Å². The van der Waals surface area contributed by atoms with Gasteiger partial charge in [0.15, 0.2) is 98.6 Å². The van der Waals surface area contributed by atoms with Crippen LogP contribution in [-0.4, -0.2) is 21.9 Å². The molecule has 0 atom stereocenters. The summed E-state index contributed by atoms with van der Waals surface area (Å²) in [6, 6.07) is 0. The summed E-state index contributed by atoms with van der Waals surface area (Å²) in [5, 5.41) is 10.6. The Bertz CT molecular complexity index is 1850. The minimum atomic E-state index is -5.44. The molecular formula is C26H4F20O2P2. The highest BCUT2D eigenvalue weighted by atomic mass is 31.1. The lowest BCUT2D eigenvalue weighted by Gasteiger charge is -2.36. The Morgan fingerprint density at radius 2 is 0.440 bits per heavy atom. The molecule has 0 bridgehead atoms. The molecule has 0 amide bonds. The molecule has 24 heteroatoms. The number of halogens is 20. The minimum Gasteiger partial charge on any atom is -0.361 e. The first-order chi connectivity index (χ1) is 22.9. The van der Waals surface area contributed by atoms with Crippen molar-refractivity contribution >= 4 is 37.1 Å². The van der Waals surface area contributed by atoms with E-state index in [9.17, 15) is 80.5 Å². The van der Waals surface area contributed by atoms with Crippen LogP contribution in [-0.2, 0) is 0 Å². The molecular weight excluding hydrogens is 786 g/mol. The van der Waals surface area contributed by atoms with Gasteiger partial charge in [0, 0.05) is 14.1 Å². The van der Waals surface area contributed by atoms with Gasteiger partial charge in [0.05, 0.1) is 21.2 Å². The molecule has 0 saturated heterocycles. The van der Waals surface area contributed by atoms with Gasteiger partial charge in [-0.1, -0.05) is 0 Å². The highest BCUT2D eigenvalue weighted by Gasteiger charge is 2.50. The third kappa shape index (κ3) is 5.82. The second-order valence-corrected chi connectivity index (χ2v) is 13.7. The van der Waals surface area contributed by atoms with Crippen LogP contribution in [0, 0.1) is 116 Å². The molecule has 0 fully saturated rings. The van der Waals surface area contributed by atoms with Gasteiger partial charge in [-0.2, -0.15) is 0 Å². The molecule has 0 spiro atoms. The summed E-state index contributed by atoms with van der Waals surface area (Å²) in [5.74, 6) is -63.8. The maximum absolute atomic E-state index is 15.0. The molecule has 0 aromatic heterocycles. The molecule has 270 valence electrons. The fourth-order valence-electron chi connectivity index (χ4n) is 4.26. The van der Waals surface area contributed by atoms with E-state index in [1.807, 2.05) is 0 Å². The topological polar surface area (TPSA) is 40.5 Å². The Morgan fingerprint density at radius 1 is 0.280 bits per heavy atom. The lowest BCUT2D eigenvalue weighted by atomic mass is 10.3. The first kappa shape index (κ1) is 39.1. The van der Waals surface area contributed by atoms with Gasteiger partial charge in [-0.15, -0.1) is 0 Å². The summed E-state index contributed by atoms with van der Waals surface area (Å²) in [4.78, 5) is 0. The molecule has 0 aliphatic rings. The monoisotopic (exact) mass is 790 g/mol. The Labute approximate surface area is 263 Å². The second kappa shape index (κ2) is 13.4. The Kier molecular flexibility index (Phi) is 10.5. The summed E-state index contributed by atoms with van der Waals surface area (Å²) in [5.41, 5.74) is -5.21. The van der Waals surface area contributed by atoms with Crippen LogP contribution in [0.3, 0.4) is 0 Å². The molecule has 4 aromatic rings. The van der Waals surface area contributed by atoms with E-state index in [1.54, 1.807) is 0 Å². The van der Waals surface area contributed by atoms with E-state index in [-0.39, 0.29) is 0 Å². The highest BCUT2D eigenvalue weighted by molar-refractivity contribution is 7.77. The quantitative estimate of drug-likeness (QED) is 0.0723. The van der Waals surface area contributed by atoms with Crippen molar-refractivity contribution in [3.8, 4) is 0 Å². The van der Waals surface area contributed by atoms with Crippen LogP contribution in [0.1, 0.15) is 0 Å². The predicted octanol–water partition coefficient (Wildman–Crippen LogP) is 6.67. The van der Waals surface area contributed by atoms with Crippen molar-refractivity contribution in [1.29, 1.82) is 0 Å². The zero-order valence-corrected chi connectivity index (χ0v) is 24.3. The number of hydrogen-bond donors (Lipinski definition) is 2. The second-order valence-electron chi connectivity index (χ2n) is 9.37.